The minimum absolute atomic E-state index is 0.321. The molecule has 0 fully saturated rings. The second-order valence-corrected chi connectivity index (χ2v) is 3.61. The molecule has 0 aromatic carbocycles. The third-order valence-electron chi connectivity index (χ3n) is 1.83. The molecule has 0 aliphatic carbocycles. The first-order valence-corrected chi connectivity index (χ1v) is 4.55. The molecule has 0 heterocycles. The summed E-state index contributed by atoms with van der Waals surface area (Å²) in [7, 11) is 0. The smallest absolute Gasteiger partial charge is 0.322 e. The summed E-state index contributed by atoms with van der Waals surface area (Å²) in [4.78, 5) is 22.2. The van der Waals surface area contributed by atoms with Crippen molar-refractivity contribution in [2.24, 2.45) is 5.73 Å². The maximum atomic E-state index is 11.2. The summed E-state index contributed by atoms with van der Waals surface area (Å²) in [6.07, 6.45) is 0. The van der Waals surface area contributed by atoms with Crippen LogP contribution in [-0.4, -0.2) is 30.1 Å². The fraction of sp³-hybridized carbons (Fsp3) is 0.778. The Morgan fingerprint density at radius 2 is 2.00 bits per heavy atom. The maximum absolute atomic E-state index is 11.2. The van der Waals surface area contributed by atoms with Crippen molar-refractivity contribution < 1.29 is 14.3 Å². The van der Waals surface area contributed by atoms with Crippen molar-refractivity contribution in [3.8, 4) is 0 Å². The number of primary amides is 1. The predicted octanol–water partition coefficient (Wildman–Crippen LogP) is -0.208. The van der Waals surface area contributed by atoms with Crippen LogP contribution >= 0.6 is 0 Å². The number of nitrogens with one attached hydrogen (secondary N) is 1. The van der Waals surface area contributed by atoms with Crippen LogP contribution in [0.2, 0.25) is 0 Å². The van der Waals surface area contributed by atoms with E-state index in [-0.39, 0.29) is 5.97 Å². The molecule has 1 unspecified atom stereocenters. The number of hydrogen-bond acceptors (Lipinski definition) is 4. The Hall–Kier alpha value is -1.10. The summed E-state index contributed by atoms with van der Waals surface area (Å²) < 4.78 is 4.78. The van der Waals surface area contributed by atoms with Gasteiger partial charge in [-0.3, -0.25) is 14.9 Å². The van der Waals surface area contributed by atoms with Gasteiger partial charge < -0.3 is 10.5 Å². The lowest BCUT2D eigenvalue weighted by Crippen LogP contribution is -2.56. The highest BCUT2D eigenvalue weighted by molar-refractivity contribution is 5.85. The van der Waals surface area contributed by atoms with Crippen molar-refractivity contribution in [1.82, 2.24) is 5.32 Å². The molecule has 3 N–H and O–H groups in total. The van der Waals surface area contributed by atoms with E-state index in [1.807, 2.05) is 0 Å². The number of amides is 1. The van der Waals surface area contributed by atoms with Crippen molar-refractivity contribution in [2.75, 3.05) is 6.61 Å². The van der Waals surface area contributed by atoms with Gasteiger partial charge in [-0.2, -0.15) is 0 Å². The summed E-state index contributed by atoms with van der Waals surface area (Å²) in [6.45, 7) is 6.91. The lowest BCUT2D eigenvalue weighted by Gasteiger charge is -2.25. The Labute approximate surface area is 84.0 Å². The average Bonchev–Trinajstić information content (AvgIpc) is 2.03. The molecule has 0 aliphatic rings. The molecule has 82 valence electrons. The second kappa shape index (κ2) is 4.95. The van der Waals surface area contributed by atoms with Gasteiger partial charge in [0.2, 0.25) is 5.91 Å². The molecule has 14 heavy (non-hydrogen) atoms. The topological polar surface area (TPSA) is 81.4 Å². The van der Waals surface area contributed by atoms with Crippen LogP contribution in [0.15, 0.2) is 0 Å². The molecule has 5 nitrogen and oxygen atoms in total. The number of ether oxygens (including phenoxy) is 1. The number of nitrogens with two attached hydrogens (primary N) is 1. The van der Waals surface area contributed by atoms with Crippen LogP contribution in [0.1, 0.15) is 27.7 Å². The number of esters is 1. The molecule has 1 amide bonds. The molecule has 5 heteroatoms. The molecule has 0 rings (SSSR count). The monoisotopic (exact) mass is 202 g/mol. The van der Waals surface area contributed by atoms with Gasteiger partial charge in [-0.25, -0.2) is 0 Å². The van der Waals surface area contributed by atoms with Gasteiger partial charge >= 0.3 is 5.97 Å². The Morgan fingerprint density at radius 1 is 1.50 bits per heavy atom. The Morgan fingerprint density at radius 3 is 2.36 bits per heavy atom. The summed E-state index contributed by atoms with van der Waals surface area (Å²) in [5, 5.41) is 2.79. The van der Waals surface area contributed by atoms with Crippen molar-refractivity contribution in [3.63, 3.8) is 0 Å². The zero-order valence-electron chi connectivity index (χ0n) is 9.09. The van der Waals surface area contributed by atoms with Crippen molar-refractivity contribution in [3.05, 3.63) is 0 Å². The third kappa shape index (κ3) is 3.74. The minimum Gasteiger partial charge on any atom is -0.465 e. The summed E-state index contributed by atoms with van der Waals surface area (Å²) in [5.41, 5.74) is 4.23. The van der Waals surface area contributed by atoms with Crippen molar-refractivity contribution in [2.45, 2.75) is 39.3 Å². The molecule has 0 aromatic rings. The van der Waals surface area contributed by atoms with Crippen LogP contribution in [-0.2, 0) is 14.3 Å². The van der Waals surface area contributed by atoms with Crippen LogP contribution in [0.3, 0.4) is 0 Å². The summed E-state index contributed by atoms with van der Waals surface area (Å²) in [6, 6.07) is -0.544. The molecule has 0 radical (unpaired) electrons. The lowest BCUT2D eigenvalue weighted by molar-refractivity contribution is -0.146. The average molecular weight is 202 g/mol. The van der Waals surface area contributed by atoms with Gasteiger partial charge in [0.1, 0.15) is 6.04 Å². The van der Waals surface area contributed by atoms with E-state index in [1.165, 1.54) is 0 Å². The van der Waals surface area contributed by atoms with Gasteiger partial charge in [-0.15, -0.1) is 0 Å². The van der Waals surface area contributed by atoms with E-state index in [4.69, 9.17) is 10.5 Å². The lowest BCUT2D eigenvalue weighted by atomic mass is 10.0. The SMILES string of the molecule is CCOC(=O)C(C)NC(C)(C)C(N)=O. The molecule has 1 atom stereocenters. The Bertz CT molecular complexity index is 226. The Kier molecular flexibility index (Phi) is 4.56. The largest absolute Gasteiger partial charge is 0.465 e. The molecule has 0 aromatic heterocycles. The van der Waals surface area contributed by atoms with E-state index in [0.29, 0.717) is 6.61 Å². The van der Waals surface area contributed by atoms with Crippen LogP contribution in [0.5, 0.6) is 0 Å². The number of carbonyl (C=O) groups is 2. The Balaban J connectivity index is 4.24. The first-order chi connectivity index (χ1) is 6.31. The molecule has 0 saturated heterocycles. The summed E-state index contributed by atoms with van der Waals surface area (Å²) in [5.74, 6) is -0.893. The number of carbonyl (C=O) groups excluding carboxylic acids is 2. The van der Waals surface area contributed by atoms with E-state index >= 15 is 0 Å². The molecular formula is C9H18N2O3. The van der Waals surface area contributed by atoms with Gasteiger partial charge in [-0.05, 0) is 27.7 Å². The third-order valence-corrected chi connectivity index (χ3v) is 1.83. The van der Waals surface area contributed by atoms with Gasteiger partial charge in [0.05, 0.1) is 12.1 Å². The van der Waals surface area contributed by atoms with Crippen LogP contribution in [0.25, 0.3) is 0 Å². The highest BCUT2D eigenvalue weighted by Crippen LogP contribution is 2.03. The van der Waals surface area contributed by atoms with E-state index in [2.05, 4.69) is 5.32 Å². The fourth-order valence-electron chi connectivity index (χ4n) is 0.939. The zero-order chi connectivity index (χ0) is 11.4. The molecule has 0 saturated carbocycles. The number of rotatable bonds is 5. The molecule has 0 spiro atoms. The van der Waals surface area contributed by atoms with E-state index < -0.39 is 17.5 Å². The van der Waals surface area contributed by atoms with Gasteiger partial charge in [-0.1, -0.05) is 0 Å². The van der Waals surface area contributed by atoms with Gasteiger partial charge in [0.15, 0.2) is 0 Å². The fourth-order valence-corrected chi connectivity index (χ4v) is 0.939. The van der Waals surface area contributed by atoms with E-state index in [9.17, 15) is 9.59 Å². The normalized spacial score (nSPS) is 13.4. The molecule has 0 aliphatic heterocycles. The number of hydrogen-bond donors (Lipinski definition) is 2. The standard InChI is InChI=1S/C9H18N2O3/c1-5-14-7(12)6(2)11-9(3,4)8(10)13/h6,11H,5H2,1-4H3,(H2,10,13). The van der Waals surface area contributed by atoms with Gasteiger partial charge in [0, 0.05) is 0 Å². The quantitative estimate of drug-likeness (QED) is 0.604. The highest BCUT2D eigenvalue weighted by atomic mass is 16.5. The first kappa shape index (κ1) is 12.9. The summed E-state index contributed by atoms with van der Waals surface area (Å²) >= 11 is 0. The zero-order valence-corrected chi connectivity index (χ0v) is 9.09. The highest BCUT2D eigenvalue weighted by Gasteiger charge is 2.29. The van der Waals surface area contributed by atoms with Gasteiger partial charge in [0.25, 0.3) is 0 Å². The van der Waals surface area contributed by atoms with Crippen LogP contribution < -0.4 is 11.1 Å². The molecular weight excluding hydrogens is 184 g/mol. The van der Waals surface area contributed by atoms with Crippen LogP contribution in [0, 0.1) is 0 Å². The minimum atomic E-state index is -0.911. The first-order valence-electron chi connectivity index (χ1n) is 4.55. The maximum Gasteiger partial charge on any atom is 0.322 e. The molecule has 0 bridgehead atoms. The van der Waals surface area contributed by atoms with E-state index in [0.717, 1.165) is 0 Å². The predicted molar refractivity (Wildman–Crippen MR) is 52.5 cm³/mol. The van der Waals surface area contributed by atoms with Crippen molar-refractivity contribution >= 4 is 11.9 Å². The second-order valence-electron chi connectivity index (χ2n) is 3.61. The van der Waals surface area contributed by atoms with E-state index in [1.54, 1.807) is 27.7 Å². The van der Waals surface area contributed by atoms with Crippen LogP contribution in [0.4, 0.5) is 0 Å². The van der Waals surface area contributed by atoms with Crippen molar-refractivity contribution in [1.29, 1.82) is 0 Å².